The van der Waals surface area contributed by atoms with Gasteiger partial charge in [0, 0.05) is 6.08 Å². The molecule has 0 spiro atoms. The summed E-state index contributed by atoms with van der Waals surface area (Å²) in [5.41, 5.74) is 0. The van der Waals surface area contributed by atoms with Crippen molar-refractivity contribution in [2.24, 2.45) is 0 Å². The smallest absolute Gasteiger partial charge is 0.0912 e. The van der Waals surface area contributed by atoms with Crippen molar-refractivity contribution >= 4 is 0 Å². The Labute approximate surface area is 50.4 Å². The van der Waals surface area contributed by atoms with Crippen molar-refractivity contribution in [3.8, 4) is 11.8 Å². The Kier molecular flexibility index (Phi) is 5.41. The van der Waals surface area contributed by atoms with Gasteiger partial charge in [-0.05, 0) is 13.8 Å². The van der Waals surface area contributed by atoms with E-state index in [-0.39, 0.29) is 0 Å². The lowest BCUT2D eigenvalue weighted by molar-refractivity contribution is 0.269. The topological polar surface area (TPSA) is 9.23 Å². The average Bonchev–Trinajstić information content (AvgIpc) is 1.81. The van der Waals surface area contributed by atoms with Crippen LogP contribution in [-0.2, 0) is 4.74 Å². The minimum atomic E-state index is 0.710. The lowest BCUT2D eigenvalue weighted by Crippen LogP contribution is -1.74. The van der Waals surface area contributed by atoms with Crippen LogP contribution in [0.4, 0.5) is 0 Å². The molecule has 0 aliphatic heterocycles. The fourth-order valence-electron chi connectivity index (χ4n) is 0.262. The van der Waals surface area contributed by atoms with Gasteiger partial charge < -0.3 is 4.74 Å². The monoisotopic (exact) mass is 110 g/mol. The van der Waals surface area contributed by atoms with Crippen molar-refractivity contribution in [1.82, 2.24) is 0 Å². The van der Waals surface area contributed by atoms with Crippen molar-refractivity contribution in [1.29, 1.82) is 0 Å². The Morgan fingerprint density at radius 3 is 2.88 bits per heavy atom. The van der Waals surface area contributed by atoms with E-state index >= 15 is 0 Å². The summed E-state index contributed by atoms with van der Waals surface area (Å²) in [6, 6.07) is 0. The van der Waals surface area contributed by atoms with E-state index in [4.69, 9.17) is 4.74 Å². The highest BCUT2D eigenvalue weighted by Gasteiger charge is 1.62. The first-order chi connectivity index (χ1) is 3.91. The summed E-state index contributed by atoms with van der Waals surface area (Å²) in [5, 5.41) is 0. The summed E-state index contributed by atoms with van der Waals surface area (Å²) in [6.45, 7) is 4.43. The van der Waals surface area contributed by atoms with Crippen LogP contribution >= 0.6 is 0 Å². The van der Waals surface area contributed by atoms with Gasteiger partial charge in [0.25, 0.3) is 0 Å². The highest BCUT2D eigenvalue weighted by Crippen LogP contribution is 1.73. The van der Waals surface area contributed by atoms with Crippen molar-refractivity contribution in [3.63, 3.8) is 0 Å². The molecule has 0 radical (unpaired) electrons. The average molecular weight is 110 g/mol. The third-order valence-corrected chi connectivity index (χ3v) is 0.559. The third-order valence-electron chi connectivity index (χ3n) is 0.559. The fraction of sp³-hybridized carbons (Fsp3) is 0.429. The Bertz CT molecular complexity index is 114. The molecule has 44 valence electrons. The Morgan fingerprint density at radius 2 is 2.38 bits per heavy atom. The van der Waals surface area contributed by atoms with E-state index in [1.807, 2.05) is 6.92 Å². The summed E-state index contributed by atoms with van der Waals surface area (Å²) in [5.74, 6) is 5.44. The zero-order valence-corrected chi connectivity index (χ0v) is 5.27. The van der Waals surface area contributed by atoms with Gasteiger partial charge in [-0.3, -0.25) is 0 Å². The maximum atomic E-state index is 4.85. The minimum absolute atomic E-state index is 0.710. The molecule has 0 saturated heterocycles. The van der Waals surface area contributed by atoms with E-state index in [0.717, 1.165) is 0 Å². The molecule has 0 saturated carbocycles. The molecule has 0 heterocycles. The molecule has 0 bridgehead atoms. The lowest BCUT2D eigenvalue weighted by atomic mass is 10.6. The molecule has 0 fully saturated rings. The molecule has 0 aromatic rings. The highest BCUT2D eigenvalue weighted by molar-refractivity contribution is 5.11. The van der Waals surface area contributed by atoms with E-state index < -0.39 is 0 Å². The minimum Gasteiger partial charge on any atom is -0.501 e. The molecule has 1 nitrogen and oxygen atoms in total. The Hall–Kier alpha value is -0.900. The van der Waals surface area contributed by atoms with Gasteiger partial charge in [-0.2, -0.15) is 0 Å². The van der Waals surface area contributed by atoms with Crippen molar-refractivity contribution in [2.45, 2.75) is 13.8 Å². The van der Waals surface area contributed by atoms with Gasteiger partial charge in [0.2, 0.25) is 0 Å². The second-order valence-electron chi connectivity index (χ2n) is 1.15. The molecule has 0 N–H and O–H groups in total. The highest BCUT2D eigenvalue weighted by atomic mass is 16.5. The quantitative estimate of drug-likeness (QED) is 0.387. The molecule has 0 amide bonds. The first-order valence-corrected chi connectivity index (χ1v) is 2.60. The molecule has 1 heteroatoms. The van der Waals surface area contributed by atoms with Gasteiger partial charge in [-0.25, -0.2) is 0 Å². The second kappa shape index (κ2) is 6.10. The summed E-state index contributed by atoms with van der Waals surface area (Å²) in [4.78, 5) is 0. The van der Waals surface area contributed by atoms with Crippen LogP contribution in [0.5, 0.6) is 0 Å². The van der Waals surface area contributed by atoms with Crippen LogP contribution in [0.2, 0.25) is 0 Å². The van der Waals surface area contributed by atoms with Crippen molar-refractivity contribution in [2.75, 3.05) is 6.61 Å². The van der Waals surface area contributed by atoms with E-state index in [0.29, 0.717) is 6.61 Å². The molecule has 8 heavy (non-hydrogen) atoms. The SMILES string of the molecule is CC#C/C=C/OCC. The van der Waals surface area contributed by atoms with Crippen LogP contribution in [-0.4, -0.2) is 6.61 Å². The van der Waals surface area contributed by atoms with Gasteiger partial charge in [0.15, 0.2) is 0 Å². The van der Waals surface area contributed by atoms with Crippen LogP contribution in [0, 0.1) is 11.8 Å². The Morgan fingerprint density at radius 1 is 1.62 bits per heavy atom. The van der Waals surface area contributed by atoms with Gasteiger partial charge >= 0.3 is 0 Å². The normalized spacial score (nSPS) is 8.25. The van der Waals surface area contributed by atoms with Crippen LogP contribution < -0.4 is 0 Å². The van der Waals surface area contributed by atoms with Crippen LogP contribution in [0.3, 0.4) is 0 Å². The maximum absolute atomic E-state index is 4.85. The van der Waals surface area contributed by atoms with E-state index in [1.165, 1.54) is 0 Å². The van der Waals surface area contributed by atoms with Crippen LogP contribution in [0.25, 0.3) is 0 Å². The third kappa shape index (κ3) is 5.10. The van der Waals surface area contributed by atoms with Crippen LogP contribution in [0.1, 0.15) is 13.8 Å². The number of ether oxygens (including phenoxy) is 1. The number of rotatable bonds is 2. The summed E-state index contributed by atoms with van der Waals surface area (Å²) >= 11 is 0. The standard InChI is InChI=1S/C7H10O/c1-3-5-6-7-8-4-2/h6-7H,4H2,1-2H3/b7-6+. The number of hydrogen-bond acceptors (Lipinski definition) is 1. The molecule has 0 aromatic carbocycles. The van der Waals surface area contributed by atoms with Gasteiger partial charge in [-0.1, -0.05) is 5.92 Å². The van der Waals surface area contributed by atoms with Crippen molar-refractivity contribution in [3.05, 3.63) is 12.3 Å². The summed E-state index contributed by atoms with van der Waals surface area (Å²) < 4.78 is 4.85. The van der Waals surface area contributed by atoms with Crippen molar-refractivity contribution < 1.29 is 4.74 Å². The lowest BCUT2D eigenvalue weighted by Gasteiger charge is -1.86. The number of allylic oxidation sites excluding steroid dienone is 1. The fourth-order valence-corrected chi connectivity index (χ4v) is 0.262. The molecule has 0 rings (SSSR count). The van der Waals surface area contributed by atoms with E-state index in [9.17, 15) is 0 Å². The molecule has 0 aliphatic rings. The Balaban J connectivity index is 3.16. The van der Waals surface area contributed by atoms with Crippen LogP contribution in [0.15, 0.2) is 12.3 Å². The first kappa shape index (κ1) is 7.10. The van der Waals surface area contributed by atoms with Gasteiger partial charge in [-0.15, -0.1) is 5.92 Å². The van der Waals surface area contributed by atoms with E-state index in [1.54, 1.807) is 19.3 Å². The molecular formula is C7H10O. The maximum Gasteiger partial charge on any atom is 0.0912 e. The molecule has 0 atom stereocenters. The predicted molar refractivity (Wildman–Crippen MR) is 34.2 cm³/mol. The molecule has 0 aliphatic carbocycles. The summed E-state index contributed by atoms with van der Waals surface area (Å²) in [7, 11) is 0. The largest absolute Gasteiger partial charge is 0.501 e. The first-order valence-electron chi connectivity index (χ1n) is 2.60. The zero-order valence-electron chi connectivity index (χ0n) is 5.27. The molecular weight excluding hydrogens is 100 g/mol. The number of hydrogen-bond donors (Lipinski definition) is 0. The van der Waals surface area contributed by atoms with Gasteiger partial charge in [0.1, 0.15) is 0 Å². The predicted octanol–water partition coefficient (Wildman–Crippen LogP) is 1.56. The zero-order chi connectivity index (χ0) is 6.24. The molecule has 0 unspecified atom stereocenters. The van der Waals surface area contributed by atoms with E-state index in [2.05, 4.69) is 11.8 Å². The molecule has 0 aromatic heterocycles. The van der Waals surface area contributed by atoms with Gasteiger partial charge in [0.05, 0.1) is 12.9 Å². The summed E-state index contributed by atoms with van der Waals surface area (Å²) in [6.07, 6.45) is 3.28. The second-order valence-corrected chi connectivity index (χ2v) is 1.15.